The van der Waals surface area contributed by atoms with Crippen LogP contribution in [0.5, 0.6) is 0 Å². The van der Waals surface area contributed by atoms with E-state index in [1.165, 1.54) is 6.33 Å². The fraction of sp³-hybridized carbons (Fsp3) is 0.353. The average Bonchev–Trinajstić information content (AvgIpc) is 2.51. The SMILES string of the molecule is CC(C)(C)OC(=O)NCc1cccc(NCc2ccncn2)c1. The van der Waals surface area contributed by atoms with Crippen molar-refractivity contribution in [3.8, 4) is 0 Å². The molecule has 23 heavy (non-hydrogen) atoms. The molecule has 0 unspecified atom stereocenters. The summed E-state index contributed by atoms with van der Waals surface area (Å²) in [6, 6.07) is 9.71. The molecule has 0 atom stereocenters. The van der Waals surface area contributed by atoms with Gasteiger partial charge in [0.15, 0.2) is 0 Å². The molecule has 6 nitrogen and oxygen atoms in total. The summed E-state index contributed by atoms with van der Waals surface area (Å²) in [5, 5.41) is 6.04. The molecule has 1 heterocycles. The van der Waals surface area contributed by atoms with E-state index in [1.807, 2.05) is 51.1 Å². The smallest absolute Gasteiger partial charge is 0.407 e. The summed E-state index contributed by atoms with van der Waals surface area (Å²) in [5.41, 5.74) is 2.37. The van der Waals surface area contributed by atoms with Crippen LogP contribution < -0.4 is 10.6 Å². The second-order valence-corrected chi connectivity index (χ2v) is 6.11. The first kappa shape index (κ1) is 16.7. The average molecular weight is 314 g/mol. The lowest BCUT2D eigenvalue weighted by Gasteiger charge is -2.19. The second-order valence-electron chi connectivity index (χ2n) is 6.11. The van der Waals surface area contributed by atoms with Crippen molar-refractivity contribution in [3.05, 3.63) is 54.1 Å². The van der Waals surface area contributed by atoms with E-state index in [4.69, 9.17) is 4.74 Å². The lowest BCUT2D eigenvalue weighted by Crippen LogP contribution is -2.32. The Bertz CT molecular complexity index is 639. The molecule has 0 spiro atoms. The van der Waals surface area contributed by atoms with E-state index in [-0.39, 0.29) is 0 Å². The van der Waals surface area contributed by atoms with Crippen LogP contribution >= 0.6 is 0 Å². The standard InChI is InChI=1S/C17H22N4O2/c1-17(2,3)23-16(22)20-10-13-5-4-6-14(9-13)19-11-15-7-8-18-12-21-15/h4-9,12,19H,10-11H2,1-3H3,(H,20,22). The summed E-state index contributed by atoms with van der Waals surface area (Å²) in [7, 11) is 0. The van der Waals surface area contributed by atoms with Gasteiger partial charge in [0.1, 0.15) is 11.9 Å². The Labute approximate surface area is 136 Å². The third-order valence-electron chi connectivity index (χ3n) is 2.88. The Morgan fingerprint density at radius 3 is 2.74 bits per heavy atom. The predicted octanol–water partition coefficient (Wildman–Crippen LogP) is 3.11. The van der Waals surface area contributed by atoms with Crippen LogP contribution in [0.25, 0.3) is 0 Å². The summed E-state index contributed by atoms with van der Waals surface area (Å²) in [4.78, 5) is 19.7. The Morgan fingerprint density at radius 2 is 2.04 bits per heavy atom. The van der Waals surface area contributed by atoms with E-state index < -0.39 is 11.7 Å². The molecule has 1 amide bonds. The Kier molecular flexibility index (Phi) is 5.51. The molecule has 1 aromatic heterocycles. The molecule has 0 aliphatic rings. The third-order valence-corrected chi connectivity index (χ3v) is 2.88. The van der Waals surface area contributed by atoms with Crippen molar-refractivity contribution in [2.45, 2.75) is 39.5 Å². The molecule has 0 bridgehead atoms. The maximum atomic E-state index is 11.7. The quantitative estimate of drug-likeness (QED) is 0.887. The molecular weight excluding hydrogens is 292 g/mol. The van der Waals surface area contributed by atoms with Crippen molar-refractivity contribution in [1.29, 1.82) is 0 Å². The molecular formula is C17H22N4O2. The van der Waals surface area contributed by atoms with Crippen LogP contribution in [0.15, 0.2) is 42.9 Å². The molecule has 6 heteroatoms. The van der Waals surface area contributed by atoms with Gasteiger partial charge in [0.2, 0.25) is 0 Å². The predicted molar refractivity (Wildman–Crippen MR) is 88.9 cm³/mol. The van der Waals surface area contributed by atoms with Crippen molar-refractivity contribution in [1.82, 2.24) is 15.3 Å². The number of amides is 1. The lowest BCUT2D eigenvalue weighted by atomic mass is 10.2. The van der Waals surface area contributed by atoms with Crippen molar-refractivity contribution in [2.24, 2.45) is 0 Å². The number of anilines is 1. The van der Waals surface area contributed by atoms with E-state index in [1.54, 1.807) is 6.20 Å². The maximum Gasteiger partial charge on any atom is 0.407 e. The minimum absolute atomic E-state index is 0.415. The fourth-order valence-electron chi connectivity index (χ4n) is 1.89. The van der Waals surface area contributed by atoms with Gasteiger partial charge in [-0.1, -0.05) is 12.1 Å². The van der Waals surface area contributed by atoms with Crippen molar-refractivity contribution in [3.63, 3.8) is 0 Å². The van der Waals surface area contributed by atoms with Gasteiger partial charge in [0.05, 0.1) is 12.2 Å². The zero-order chi connectivity index (χ0) is 16.7. The number of rotatable bonds is 5. The van der Waals surface area contributed by atoms with E-state index in [0.29, 0.717) is 13.1 Å². The molecule has 122 valence electrons. The molecule has 2 rings (SSSR count). The van der Waals surface area contributed by atoms with E-state index in [9.17, 15) is 4.79 Å². The second kappa shape index (κ2) is 7.58. The first-order chi connectivity index (χ1) is 10.9. The van der Waals surface area contributed by atoms with Crippen LogP contribution in [0.4, 0.5) is 10.5 Å². The van der Waals surface area contributed by atoms with Crippen LogP contribution in [0.2, 0.25) is 0 Å². The highest BCUT2D eigenvalue weighted by Gasteiger charge is 2.15. The van der Waals surface area contributed by atoms with Crippen LogP contribution in [0.1, 0.15) is 32.0 Å². The minimum Gasteiger partial charge on any atom is -0.444 e. The largest absolute Gasteiger partial charge is 0.444 e. The monoisotopic (exact) mass is 314 g/mol. The first-order valence-electron chi connectivity index (χ1n) is 7.47. The number of carbonyl (C=O) groups excluding carboxylic acids is 1. The summed E-state index contributed by atoms with van der Waals surface area (Å²) >= 11 is 0. The number of hydrogen-bond donors (Lipinski definition) is 2. The van der Waals surface area contributed by atoms with Crippen LogP contribution in [-0.2, 0) is 17.8 Å². The highest BCUT2D eigenvalue weighted by Crippen LogP contribution is 2.12. The normalized spacial score (nSPS) is 10.9. The Hall–Kier alpha value is -2.63. The molecule has 0 fully saturated rings. The molecule has 2 N–H and O–H groups in total. The van der Waals surface area contributed by atoms with Crippen molar-refractivity contribution < 1.29 is 9.53 Å². The van der Waals surface area contributed by atoms with Gasteiger partial charge < -0.3 is 15.4 Å². The van der Waals surface area contributed by atoms with Gasteiger partial charge in [-0.3, -0.25) is 0 Å². The highest BCUT2D eigenvalue weighted by atomic mass is 16.6. The lowest BCUT2D eigenvalue weighted by molar-refractivity contribution is 0.0523. The van der Waals surface area contributed by atoms with E-state index >= 15 is 0 Å². The van der Waals surface area contributed by atoms with E-state index in [0.717, 1.165) is 16.9 Å². The summed E-state index contributed by atoms with van der Waals surface area (Å²) in [6.07, 6.45) is 2.82. The van der Waals surface area contributed by atoms with E-state index in [2.05, 4.69) is 20.6 Å². The zero-order valence-electron chi connectivity index (χ0n) is 13.7. The number of ether oxygens (including phenoxy) is 1. The van der Waals surface area contributed by atoms with Crippen molar-refractivity contribution in [2.75, 3.05) is 5.32 Å². The Balaban J connectivity index is 1.86. The molecule has 0 saturated heterocycles. The summed E-state index contributed by atoms with van der Waals surface area (Å²) < 4.78 is 5.22. The number of benzene rings is 1. The molecule has 0 aliphatic heterocycles. The third kappa shape index (κ3) is 6.34. The van der Waals surface area contributed by atoms with Gasteiger partial charge in [0, 0.05) is 18.4 Å². The summed E-state index contributed by atoms with van der Waals surface area (Å²) in [6.45, 7) is 6.54. The minimum atomic E-state index is -0.495. The van der Waals surface area contributed by atoms with Crippen molar-refractivity contribution >= 4 is 11.8 Å². The number of aromatic nitrogens is 2. The number of carbonyl (C=O) groups is 1. The highest BCUT2D eigenvalue weighted by molar-refractivity contribution is 5.67. The topological polar surface area (TPSA) is 76.1 Å². The Morgan fingerprint density at radius 1 is 1.22 bits per heavy atom. The molecule has 0 radical (unpaired) electrons. The van der Waals surface area contributed by atoms with Gasteiger partial charge in [-0.25, -0.2) is 14.8 Å². The van der Waals surface area contributed by atoms with Crippen LogP contribution in [0.3, 0.4) is 0 Å². The number of nitrogens with one attached hydrogen (secondary N) is 2. The number of alkyl carbamates (subject to hydrolysis) is 1. The van der Waals surface area contributed by atoms with Gasteiger partial charge in [-0.2, -0.15) is 0 Å². The molecule has 0 aliphatic carbocycles. The fourth-order valence-corrected chi connectivity index (χ4v) is 1.89. The van der Waals surface area contributed by atoms with Crippen LogP contribution in [0, 0.1) is 0 Å². The van der Waals surface area contributed by atoms with Gasteiger partial charge in [-0.05, 0) is 44.5 Å². The summed E-state index contributed by atoms with van der Waals surface area (Å²) in [5.74, 6) is 0. The van der Waals surface area contributed by atoms with Gasteiger partial charge in [0.25, 0.3) is 0 Å². The van der Waals surface area contributed by atoms with Crippen LogP contribution in [-0.4, -0.2) is 21.7 Å². The van der Waals surface area contributed by atoms with Gasteiger partial charge >= 0.3 is 6.09 Å². The maximum absolute atomic E-state index is 11.7. The zero-order valence-corrected chi connectivity index (χ0v) is 13.7. The van der Waals surface area contributed by atoms with Gasteiger partial charge in [-0.15, -0.1) is 0 Å². The molecule has 2 aromatic rings. The number of hydrogen-bond acceptors (Lipinski definition) is 5. The number of nitrogens with zero attached hydrogens (tertiary/aromatic N) is 2. The molecule has 0 saturated carbocycles. The first-order valence-corrected chi connectivity index (χ1v) is 7.47. The molecule has 1 aromatic carbocycles.